The summed E-state index contributed by atoms with van der Waals surface area (Å²) in [5, 5.41) is 12.8. The Morgan fingerprint density at radius 2 is 1.82 bits per heavy atom. The van der Waals surface area contributed by atoms with E-state index in [-0.39, 0.29) is 22.1 Å². The summed E-state index contributed by atoms with van der Waals surface area (Å²) in [5.41, 5.74) is 1.78. The van der Waals surface area contributed by atoms with Gasteiger partial charge in [0.2, 0.25) is 5.91 Å². The van der Waals surface area contributed by atoms with Gasteiger partial charge in [-0.1, -0.05) is 18.2 Å². The molecule has 9 heteroatoms. The summed E-state index contributed by atoms with van der Waals surface area (Å²) in [6, 6.07) is 9.55. The van der Waals surface area contributed by atoms with Gasteiger partial charge in [0.15, 0.2) is 0 Å². The van der Waals surface area contributed by atoms with Gasteiger partial charge in [-0.15, -0.1) is 0 Å². The number of sulfonamides is 1. The van der Waals surface area contributed by atoms with Crippen molar-refractivity contribution < 1.29 is 23.1 Å². The molecule has 1 aliphatic carbocycles. The molecule has 3 rings (SSSR count). The maximum Gasteiger partial charge on any atom is 0.338 e. The monoisotopic (exact) mass is 471 g/mol. The van der Waals surface area contributed by atoms with E-state index in [4.69, 9.17) is 0 Å². The van der Waals surface area contributed by atoms with Gasteiger partial charge in [0.25, 0.3) is 10.0 Å². The highest BCUT2D eigenvalue weighted by molar-refractivity contribution is 7.92. The first kappa shape index (κ1) is 24.5. The van der Waals surface area contributed by atoms with Crippen LogP contribution in [0.15, 0.2) is 47.4 Å². The second kappa shape index (κ2) is 10.6. The van der Waals surface area contributed by atoms with Crippen molar-refractivity contribution in [3.8, 4) is 0 Å². The van der Waals surface area contributed by atoms with Crippen LogP contribution in [0.2, 0.25) is 0 Å². The van der Waals surface area contributed by atoms with Crippen LogP contribution in [0.25, 0.3) is 6.08 Å². The Labute approximate surface area is 194 Å². The molecule has 33 heavy (non-hydrogen) atoms. The van der Waals surface area contributed by atoms with Crippen LogP contribution in [0.3, 0.4) is 0 Å². The lowest BCUT2D eigenvalue weighted by Gasteiger charge is -2.23. The van der Waals surface area contributed by atoms with Gasteiger partial charge in [0.05, 0.1) is 16.1 Å². The number of carboxylic acids is 1. The number of benzene rings is 2. The lowest BCUT2D eigenvalue weighted by atomic mass is 9.85. The maximum absolute atomic E-state index is 13.0. The summed E-state index contributed by atoms with van der Waals surface area (Å²) >= 11 is 0. The van der Waals surface area contributed by atoms with Gasteiger partial charge in [-0.25, -0.2) is 13.2 Å². The van der Waals surface area contributed by atoms with Crippen LogP contribution in [0, 0.1) is 0 Å². The van der Waals surface area contributed by atoms with Crippen molar-refractivity contribution in [1.82, 2.24) is 10.2 Å². The lowest BCUT2D eigenvalue weighted by Crippen LogP contribution is -2.30. The van der Waals surface area contributed by atoms with Gasteiger partial charge in [0.1, 0.15) is 0 Å². The zero-order chi connectivity index (χ0) is 24.0. The Hall–Kier alpha value is -3.17. The minimum atomic E-state index is -4.03. The van der Waals surface area contributed by atoms with E-state index in [1.165, 1.54) is 24.3 Å². The number of hydrogen-bond acceptors (Lipinski definition) is 5. The lowest BCUT2D eigenvalue weighted by molar-refractivity contribution is -0.116. The van der Waals surface area contributed by atoms with Crippen LogP contribution in [0.1, 0.15) is 39.9 Å². The fourth-order valence-electron chi connectivity index (χ4n) is 3.83. The molecule has 0 heterocycles. The van der Waals surface area contributed by atoms with Gasteiger partial charge in [-0.05, 0) is 80.7 Å². The highest BCUT2D eigenvalue weighted by Gasteiger charge is 2.27. The number of aromatic carboxylic acids is 1. The van der Waals surface area contributed by atoms with Crippen LogP contribution < -0.4 is 10.0 Å². The van der Waals surface area contributed by atoms with Crippen LogP contribution in [-0.4, -0.2) is 57.5 Å². The normalized spacial score (nSPS) is 13.7. The zero-order valence-electron chi connectivity index (χ0n) is 18.8. The second-order valence-corrected chi connectivity index (χ2v) is 9.89. The molecule has 3 N–H and O–H groups in total. The smallest absolute Gasteiger partial charge is 0.338 e. The highest BCUT2D eigenvalue weighted by Crippen LogP contribution is 2.35. The summed E-state index contributed by atoms with van der Waals surface area (Å²) in [4.78, 5) is 26.5. The van der Waals surface area contributed by atoms with Crippen molar-refractivity contribution in [2.45, 2.75) is 30.6 Å². The number of nitrogens with one attached hydrogen (secondary N) is 2. The molecule has 0 atom stereocenters. The average molecular weight is 472 g/mol. The van der Waals surface area contributed by atoms with Crippen molar-refractivity contribution in [2.75, 3.05) is 31.9 Å². The fourth-order valence-corrected chi connectivity index (χ4v) is 4.95. The number of amides is 1. The molecule has 1 aliphatic rings. The van der Waals surface area contributed by atoms with E-state index in [0.29, 0.717) is 37.1 Å². The van der Waals surface area contributed by atoms with Crippen LogP contribution >= 0.6 is 0 Å². The van der Waals surface area contributed by atoms with E-state index in [9.17, 15) is 23.1 Å². The molecule has 2 aromatic carbocycles. The fraction of sp³-hybridized carbons (Fsp3) is 0.333. The Bertz CT molecular complexity index is 1160. The molecule has 2 aromatic rings. The van der Waals surface area contributed by atoms with Gasteiger partial charge in [-0.3, -0.25) is 9.52 Å². The number of fused-ring (bicyclic) bond motifs is 1. The van der Waals surface area contributed by atoms with Crippen LogP contribution in [0.4, 0.5) is 5.69 Å². The Morgan fingerprint density at radius 1 is 1.12 bits per heavy atom. The van der Waals surface area contributed by atoms with E-state index in [2.05, 4.69) is 10.0 Å². The third-order valence-corrected chi connectivity index (χ3v) is 6.82. The van der Waals surface area contributed by atoms with E-state index < -0.39 is 16.0 Å². The number of likely N-dealkylation sites (N-methyl/N-ethyl adjacent to an activating group) is 1. The van der Waals surface area contributed by atoms with Crippen LogP contribution in [-0.2, 0) is 27.7 Å². The molecule has 0 saturated carbocycles. The number of carboxylic acid groups (broad SMARTS) is 1. The van der Waals surface area contributed by atoms with Crippen molar-refractivity contribution in [3.05, 3.63) is 64.7 Å². The number of aryl methyl sites for hydroxylation is 1. The Morgan fingerprint density at radius 3 is 2.48 bits per heavy atom. The first-order valence-electron chi connectivity index (χ1n) is 10.8. The van der Waals surface area contributed by atoms with Crippen molar-refractivity contribution in [3.63, 3.8) is 0 Å². The molecule has 0 aromatic heterocycles. The minimum Gasteiger partial charge on any atom is -0.478 e. The third-order valence-electron chi connectivity index (χ3n) is 5.46. The molecule has 0 unspecified atom stereocenters. The van der Waals surface area contributed by atoms with Gasteiger partial charge in [-0.2, -0.15) is 0 Å². The molecule has 0 bridgehead atoms. The van der Waals surface area contributed by atoms with Gasteiger partial charge >= 0.3 is 5.97 Å². The predicted octanol–water partition coefficient (Wildman–Crippen LogP) is 2.76. The number of hydrogen-bond donors (Lipinski definition) is 3. The van der Waals surface area contributed by atoms with Gasteiger partial charge < -0.3 is 15.3 Å². The molecule has 0 fully saturated rings. The summed E-state index contributed by atoms with van der Waals surface area (Å²) in [6.45, 7) is 1.12. The van der Waals surface area contributed by atoms with Crippen LogP contribution in [0.5, 0.6) is 0 Å². The standard InChI is InChI=1S/C24H29N3O5S/c1-27(2)15-14-25-21(28)13-12-18-16-17-8-6-7-11-20(17)22(24(29)30)23(18)26-33(31,32)19-9-4-3-5-10-19/h3-5,9-10,12-13,16,26H,6-8,11,14-15H2,1-2H3,(H,25,28)(H,29,30). The summed E-state index contributed by atoms with van der Waals surface area (Å²) < 4.78 is 28.5. The van der Waals surface area contributed by atoms with Crippen molar-refractivity contribution in [2.24, 2.45) is 0 Å². The van der Waals surface area contributed by atoms with E-state index in [1.807, 2.05) is 19.0 Å². The van der Waals surface area contributed by atoms with E-state index >= 15 is 0 Å². The van der Waals surface area contributed by atoms with Crippen molar-refractivity contribution in [1.29, 1.82) is 0 Å². The predicted molar refractivity (Wildman–Crippen MR) is 128 cm³/mol. The zero-order valence-corrected chi connectivity index (χ0v) is 19.6. The highest BCUT2D eigenvalue weighted by atomic mass is 32.2. The number of rotatable bonds is 9. The quantitative estimate of drug-likeness (QED) is 0.485. The molecule has 0 saturated heterocycles. The minimum absolute atomic E-state index is 0.0235. The number of carbonyl (C=O) groups excluding carboxylic acids is 1. The first-order chi connectivity index (χ1) is 15.7. The maximum atomic E-state index is 13.0. The van der Waals surface area contributed by atoms with E-state index in [0.717, 1.165) is 18.4 Å². The number of anilines is 1. The molecule has 1 amide bonds. The molecular formula is C24H29N3O5S. The average Bonchev–Trinajstić information content (AvgIpc) is 2.77. The molecular weight excluding hydrogens is 442 g/mol. The molecule has 0 radical (unpaired) electrons. The Balaban J connectivity index is 2.04. The third kappa shape index (κ3) is 6.21. The van der Waals surface area contributed by atoms with Crippen molar-refractivity contribution >= 4 is 33.7 Å². The Kier molecular flexibility index (Phi) is 7.88. The molecule has 176 valence electrons. The summed E-state index contributed by atoms with van der Waals surface area (Å²) in [6.07, 6.45) is 5.79. The number of carbonyl (C=O) groups is 2. The topological polar surface area (TPSA) is 116 Å². The first-order valence-corrected chi connectivity index (χ1v) is 12.3. The second-order valence-electron chi connectivity index (χ2n) is 8.21. The largest absolute Gasteiger partial charge is 0.478 e. The molecule has 8 nitrogen and oxygen atoms in total. The summed E-state index contributed by atoms with van der Waals surface area (Å²) in [7, 11) is -0.241. The van der Waals surface area contributed by atoms with E-state index in [1.54, 1.807) is 24.3 Å². The molecule has 0 aliphatic heterocycles. The SMILES string of the molecule is CN(C)CCNC(=O)C=Cc1cc2c(c(C(=O)O)c1NS(=O)(=O)c1ccccc1)CCCC2. The number of nitrogens with zero attached hydrogens (tertiary/aromatic N) is 1. The summed E-state index contributed by atoms with van der Waals surface area (Å²) in [5.74, 6) is -1.55. The van der Waals surface area contributed by atoms with Gasteiger partial charge in [0, 0.05) is 19.2 Å². The molecule has 0 spiro atoms.